The number of nitrogens with one attached hydrogen (secondary N) is 1. The number of hydrogen-bond acceptors (Lipinski definition) is 3. The number of nitrogens with zero attached hydrogens (tertiary/aromatic N) is 1. The van der Waals surface area contributed by atoms with Crippen LogP contribution in [0.1, 0.15) is 18.9 Å². The van der Waals surface area contributed by atoms with Gasteiger partial charge >= 0.3 is 0 Å². The van der Waals surface area contributed by atoms with Gasteiger partial charge in [0.2, 0.25) is 11.8 Å². The van der Waals surface area contributed by atoms with Crippen LogP contribution in [0.3, 0.4) is 0 Å². The quantitative estimate of drug-likeness (QED) is 0.725. The van der Waals surface area contributed by atoms with Crippen LogP contribution in [0.5, 0.6) is 0 Å². The van der Waals surface area contributed by atoms with Crippen molar-refractivity contribution >= 4 is 23.4 Å². The molecule has 0 aliphatic heterocycles. The fraction of sp³-hybridized carbons (Fsp3) is 0.286. The molecule has 3 amide bonds. The molecule has 0 heterocycles. The second-order valence-electron chi connectivity index (χ2n) is 4.21. The highest BCUT2D eigenvalue weighted by Gasteiger charge is 2.14. The van der Waals surface area contributed by atoms with E-state index in [4.69, 9.17) is 5.73 Å². The fourth-order valence-corrected chi connectivity index (χ4v) is 1.59. The molecule has 6 nitrogen and oxygen atoms in total. The third kappa shape index (κ3) is 5.90. The van der Waals surface area contributed by atoms with Gasteiger partial charge in [0.1, 0.15) is 5.71 Å². The monoisotopic (exact) mass is 275 g/mol. The van der Waals surface area contributed by atoms with E-state index in [1.54, 1.807) is 0 Å². The number of rotatable bonds is 6. The number of carbonyl (C=O) groups excluding carboxylic acids is 3. The fourth-order valence-electron chi connectivity index (χ4n) is 1.59. The largest absolute Gasteiger partial charge is 0.369 e. The van der Waals surface area contributed by atoms with Gasteiger partial charge in [-0.05, 0) is 12.0 Å². The molecule has 1 aromatic carbocycles. The number of aliphatic imine (C=N–C) groups is 1. The maximum absolute atomic E-state index is 11.8. The van der Waals surface area contributed by atoms with Crippen molar-refractivity contribution in [2.45, 2.75) is 19.8 Å². The van der Waals surface area contributed by atoms with Crippen LogP contribution in [-0.2, 0) is 20.8 Å². The van der Waals surface area contributed by atoms with Crippen molar-refractivity contribution in [3.63, 3.8) is 0 Å². The Bertz CT molecular complexity index is 524. The van der Waals surface area contributed by atoms with E-state index < -0.39 is 17.7 Å². The molecule has 0 saturated carbocycles. The predicted molar refractivity (Wildman–Crippen MR) is 75.1 cm³/mol. The number of benzene rings is 1. The smallest absolute Gasteiger partial charge is 0.266 e. The minimum atomic E-state index is -0.705. The Labute approximate surface area is 117 Å². The molecule has 0 aliphatic rings. The van der Waals surface area contributed by atoms with E-state index >= 15 is 0 Å². The first kappa shape index (κ1) is 15.6. The Kier molecular flexibility index (Phi) is 6.09. The van der Waals surface area contributed by atoms with E-state index in [1.807, 2.05) is 30.3 Å². The lowest BCUT2D eigenvalue weighted by atomic mass is 10.1. The maximum atomic E-state index is 11.8. The SMILES string of the molecule is CC(=O)/N=C(\CC(N)=O)C(=O)NCCc1ccccc1. The van der Waals surface area contributed by atoms with Gasteiger partial charge in [0, 0.05) is 13.5 Å². The first-order valence-electron chi connectivity index (χ1n) is 6.17. The van der Waals surface area contributed by atoms with E-state index in [-0.39, 0.29) is 12.1 Å². The van der Waals surface area contributed by atoms with Gasteiger partial charge in [0.05, 0.1) is 6.42 Å². The summed E-state index contributed by atoms with van der Waals surface area (Å²) in [6.45, 7) is 1.59. The average Bonchev–Trinajstić information content (AvgIpc) is 2.38. The van der Waals surface area contributed by atoms with Gasteiger partial charge in [-0.3, -0.25) is 14.4 Å². The molecule has 0 bridgehead atoms. The van der Waals surface area contributed by atoms with Crippen molar-refractivity contribution in [3.8, 4) is 0 Å². The Balaban J connectivity index is 2.54. The number of carbonyl (C=O) groups is 3. The third-order valence-electron chi connectivity index (χ3n) is 2.44. The molecule has 106 valence electrons. The molecule has 0 atom stereocenters. The van der Waals surface area contributed by atoms with E-state index in [1.165, 1.54) is 6.92 Å². The number of hydrogen-bond donors (Lipinski definition) is 2. The van der Waals surface area contributed by atoms with Crippen molar-refractivity contribution < 1.29 is 14.4 Å². The second-order valence-corrected chi connectivity index (χ2v) is 4.21. The molecular formula is C14H17N3O3. The minimum Gasteiger partial charge on any atom is -0.369 e. The van der Waals surface area contributed by atoms with E-state index in [0.717, 1.165) is 5.56 Å². The highest BCUT2D eigenvalue weighted by Crippen LogP contribution is 1.98. The lowest BCUT2D eigenvalue weighted by Crippen LogP contribution is -2.35. The summed E-state index contributed by atoms with van der Waals surface area (Å²) in [7, 11) is 0. The van der Waals surface area contributed by atoms with Crippen LogP contribution in [0.15, 0.2) is 35.3 Å². The summed E-state index contributed by atoms with van der Waals surface area (Å²) in [6.07, 6.45) is 0.299. The van der Waals surface area contributed by atoms with Crippen molar-refractivity contribution in [1.29, 1.82) is 0 Å². The molecular weight excluding hydrogens is 258 g/mol. The van der Waals surface area contributed by atoms with Crippen LogP contribution in [0, 0.1) is 0 Å². The normalized spacial score (nSPS) is 10.9. The lowest BCUT2D eigenvalue weighted by Gasteiger charge is -2.06. The zero-order valence-corrected chi connectivity index (χ0v) is 11.3. The standard InChI is InChI=1S/C14H17N3O3/c1-10(18)17-12(9-13(15)19)14(20)16-8-7-11-5-3-2-4-6-11/h2-6H,7-9H2,1H3,(H2,15,19)(H,16,20)/b17-12+. The van der Waals surface area contributed by atoms with Gasteiger partial charge in [-0.2, -0.15) is 0 Å². The minimum absolute atomic E-state index is 0.155. The predicted octanol–water partition coefficient (Wildman–Crippen LogP) is 0.208. The van der Waals surface area contributed by atoms with E-state index in [9.17, 15) is 14.4 Å². The van der Waals surface area contributed by atoms with Crippen molar-refractivity contribution in [1.82, 2.24) is 5.32 Å². The molecule has 1 rings (SSSR count). The summed E-state index contributed by atoms with van der Waals surface area (Å²) < 4.78 is 0. The van der Waals surface area contributed by atoms with Gasteiger partial charge in [-0.1, -0.05) is 30.3 Å². The molecule has 1 aromatic rings. The van der Waals surface area contributed by atoms with Crippen LogP contribution in [-0.4, -0.2) is 30.0 Å². The van der Waals surface area contributed by atoms with Crippen molar-refractivity contribution in [2.24, 2.45) is 10.7 Å². The zero-order valence-electron chi connectivity index (χ0n) is 11.3. The van der Waals surface area contributed by atoms with Crippen LogP contribution in [0.4, 0.5) is 0 Å². The molecule has 0 saturated heterocycles. The zero-order chi connectivity index (χ0) is 15.0. The second kappa shape index (κ2) is 7.83. The Morgan fingerprint density at radius 1 is 1.20 bits per heavy atom. The molecule has 20 heavy (non-hydrogen) atoms. The summed E-state index contributed by atoms with van der Waals surface area (Å²) in [6, 6.07) is 9.62. The van der Waals surface area contributed by atoms with Crippen LogP contribution >= 0.6 is 0 Å². The van der Waals surface area contributed by atoms with Crippen LogP contribution < -0.4 is 11.1 Å². The Hall–Kier alpha value is -2.50. The van der Waals surface area contributed by atoms with Gasteiger partial charge in [-0.25, -0.2) is 4.99 Å². The molecule has 0 aromatic heterocycles. The van der Waals surface area contributed by atoms with E-state index in [2.05, 4.69) is 10.3 Å². The highest BCUT2D eigenvalue weighted by atomic mass is 16.2. The molecule has 3 N–H and O–H groups in total. The molecule has 0 radical (unpaired) electrons. The third-order valence-corrected chi connectivity index (χ3v) is 2.44. The molecule has 0 spiro atoms. The lowest BCUT2D eigenvalue weighted by molar-refractivity contribution is -0.119. The molecule has 0 aliphatic carbocycles. The first-order chi connectivity index (χ1) is 9.49. The van der Waals surface area contributed by atoms with Crippen molar-refractivity contribution in [3.05, 3.63) is 35.9 Å². The summed E-state index contributed by atoms with van der Waals surface area (Å²) in [5.41, 5.74) is 5.94. The first-order valence-corrected chi connectivity index (χ1v) is 6.17. The van der Waals surface area contributed by atoms with Crippen LogP contribution in [0.25, 0.3) is 0 Å². The topological polar surface area (TPSA) is 102 Å². The number of primary amides is 1. The summed E-state index contributed by atoms with van der Waals surface area (Å²) in [5, 5.41) is 2.61. The number of nitrogens with two attached hydrogens (primary N) is 1. The summed E-state index contributed by atoms with van der Waals surface area (Å²) >= 11 is 0. The molecule has 6 heteroatoms. The summed E-state index contributed by atoms with van der Waals surface area (Å²) in [4.78, 5) is 37.1. The molecule has 0 fully saturated rings. The van der Waals surface area contributed by atoms with Gasteiger partial charge in [0.15, 0.2) is 0 Å². The number of amides is 3. The van der Waals surface area contributed by atoms with E-state index in [0.29, 0.717) is 13.0 Å². The van der Waals surface area contributed by atoms with Crippen LogP contribution in [0.2, 0.25) is 0 Å². The molecule has 0 unspecified atom stereocenters. The maximum Gasteiger partial charge on any atom is 0.266 e. The van der Waals surface area contributed by atoms with Gasteiger partial charge in [0.25, 0.3) is 5.91 Å². The highest BCUT2D eigenvalue weighted by molar-refractivity contribution is 6.43. The van der Waals surface area contributed by atoms with Gasteiger partial charge < -0.3 is 11.1 Å². The average molecular weight is 275 g/mol. The Morgan fingerprint density at radius 2 is 1.85 bits per heavy atom. The summed E-state index contributed by atoms with van der Waals surface area (Å²) in [5.74, 6) is -1.79. The Morgan fingerprint density at radius 3 is 2.40 bits per heavy atom. The van der Waals surface area contributed by atoms with Crippen molar-refractivity contribution in [2.75, 3.05) is 6.54 Å². The van der Waals surface area contributed by atoms with Gasteiger partial charge in [-0.15, -0.1) is 0 Å².